The number of ether oxygens (including phenoxy) is 1. The van der Waals surface area contributed by atoms with Gasteiger partial charge in [0.15, 0.2) is 0 Å². The Morgan fingerprint density at radius 2 is 1.96 bits per heavy atom. The Morgan fingerprint density at radius 3 is 2.59 bits per heavy atom. The zero-order valence-corrected chi connectivity index (χ0v) is 16.5. The molecule has 6 heteroatoms. The summed E-state index contributed by atoms with van der Waals surface area (Å²) in [6.07, 6.45) is 2.88. The zero-order chi connectivity index (χ0) is 19.0. The van der Waals surface area contributed by atoms with Crippen molar-refractivity contribution in [3.63, 3.8) is 0 Å². The fourth-order valence-electron chi connectivity index (χ4n) is 3.85. The monoisotopic (exact) mass is 384 g/mol. The lowest BCUT2D eigenvalue weighted by atomic mass is 9.93. The minimum absolute atomic E-state index is 0.0138. The molecule has 1 fully saturated rings. The maximum Gasteiger partial charge on any atom is 0.243 e. The number of benzene rings is 1. The largest absolute Gasteiger partial charge is 0.497 e. The topological polar surface area (TPSA) is 49.9 Å². The molecule has 4 rings (SSSR count). The summed E-state index contributed by atoms with van der Waals surface area (Å²) in [7, 11) is 1.65. The lowest BCUT2D eigenvalue weighted by molar-refractivity contribution is -0.141. The smallest absolute Gasteiger partial charge is 0.243 e. The average molecular weight is 385 g/mol. The molecule has 0 bridgehead atoms. The highest BCUT2D eigenvalue weighted by Crippen LogP contribution is 2.38. The number of rotatable bonds is 5. The van der Waals surface area contributed by atoms with Gasteiger partial charge in [-0.2, -0.15) is 0 Å². The van der Waals surface area contributed by atoms with Crippen LogP contribution in [-0.4, -0.2) is 47.9 Å². The Morgan fingerprint density at radius 1 is 1.22 bits per heavy atom. The summed E-state index contributed by atoms with van der Waals surface area (Å²) in [4.78, 5) is 30.2. The van der Waals surface area contributed by atoms with Crippen LogP contribution in [0.25, 0.3) is 0 Å². The van der Waals surface area contributed by atoms with Crippen molar-refractivity contribution in [3.05, 3.63) is 51.7 Å². The van der Waals surface area contributed by atoms with Gasteiger partial charge in [0.05, 0.1) is 13.2 Å². The number of hydrogen-bond donors (Lipinski definition) is 0. The summed E-state index contributed by atoms with van der Waals surface area (Å²) >= 11 is 1.75. The van der Waals surface area contributed by atoms with E-state index in [9.17, 15) is 9.59 Å². The molecule has 27 heavy (non-hydrogen) atoms. The van der Waals surface area contributed by atoms with Gasteiger partial charge in [0.1, 0.15) is 12.3 Å². The van der Waals surface area contributed by atoms with E-state index >= 15 is 0 Å². The van der Waals surface area contributed by atoms with Crippen molar-refractivity contribution >= 4 is 23.2 Å². The Kier molecular flexibility index (Phi) is 4.91. The summed E-state index contributed by atoms with van der Waals surface area (Å²) in [5, 5.41) is 2.10. The number of amides is 2. The van der Waals surface area contributed by atoms with Crippen LogP contribution in [-0.2, 0) is 16.0 Å². The molecular weight excluding hydrogens is 360 g/mol. The molecule has 1 saturated carbocycles. The molecule has 1 aromatic carbocycles. The van der Waals surface area contributed by atoms with Gasteiger partial charge in [-0.25, -0.2) is 0 Å². The first-order chi connectivity index (χ1) is 13.1. The van der Waals surface area contributed by atoms with Crippen LogP contribution in [0, 0.1) is 0 Å². The van der Waals surface area contributed by atoms with E-state index in [4.69, 9.17) is 4.74 Å². The van der Waals surface area contributed by atoms with Gasteiger partial charge in [0.25, 0.3) is 0 Å². The van der Waals surface area contributed by atoms with Crippen molar-refractivity contribution < 1.29 is 14.3 Å². The van der Waals surface area contributed by atoms with Gasteiger partial charge >= 0.3 is 0 Å². The molecule has 1 aliphatic carbocycles. The molecule has 0 radical (unpaired) electrons. The fourth-order valence-corrected chi connectivity index (χ4v) is 4.75. The molecule has 1 aliphatic heterocycles. The van der Waals surface area contributed by atoms with Gasteiger partial charge in [-0.3, -0.25) is 9.59 Å². The predicted octanol–water partition coefficient (Wildman–Crippen LogP) is 3.24. The lowest BCUT2D eigenvalue weighted by Gasteiger charge is -2.37. The molecule has 142 valence electrons. The minimum Gasteiger partial charge on any atom is -0.497 e. The van der Waals surface area contributed by atoms with Crippen LogP contribution >= 0.6 is 11.3 Å². The predicted molar refractivity (Wildman–Crippen MR) is 105 cm³/mol. The second-order valence-electron chi connectivity index (χ2n) is 7.19. The number of nitrogens with zero attached hydrogens (tertiary/aromatic N) is 2. The van der Waals surface area contributed by atoms with Crippen LogP contribution in [0.2, 0.25) is 0 Å². The van der Waals surface area contributed by atoms with E-state index in [0.29, 0.717) is 6.54 Å². The molecule has 0 spiro atoms. The molecule has 0 unspecified atom stereocenters. The van der Waals surface area contributed by atoms with E-state index in [1.165, 1.54) is 10.4 Å². The van der Waals surface area contributed by atoms with E-state index in [0.717, 1.165) is 30.6 Å². The van der Waals surface area contributed by atoms with Crippen LogP contribution in [0.15, 0.2) is 35.7 Å². The van der Waals surface area contributed by atoms with Gasteiger partial charge < -0.3 is 14.5 Å². The number of thiophene rings is 1. The lowest BCUT2D eigenvalue weighted by Crippen LogP contribution is -2.47. The number of carbonyl (C=O) groups excluding carboxylic acids is 2. The molecular formula is C21H24N2O3S. The van der Waals surface area contributed by atoms with Crippen molar-refractivity contribution in [2.45, 2.75) is 38.3 Å². The van der Waals surface area contributed by atoms with Gasteiger partial charge in [-0.15, -0.1) is 11.3 Å². The van der Waals surface area contributed by atoms with Gasteiger partial charge in [0.2, 0.25) is 11.8 Å². The Balaban J connectivity index is 1.63. The summed E-state index contributed by atoms with van der Waals surface area (Å²) in [6, 6.07) is 10.2. The normalized spacial score (nSPS) is 18.7. The molecule has 1 aromatic heterocycles. The summed E-state index contributed by atoms with van der Waals surface area (Å²) in [6.45, 7) is 2.41. The third kappa shape index (κ3) is 3.58. The number of methoxy groups -OCH3 is 1. The fraction of sp³-hybridized carbons (Fsp3) is 0.429. The van der Waals surface area contributed by atoms with Crippen molar-refractivity contribution in [1.29, 1.82) is 0 Å². The molecule has 1 atom stereocenters. The first-order valence-electron chi connectivity index (χ1n) is 9.35. The molecule has 2 heterocycles. The second-order valence-corrected chi connectivity index (χ2v) is 8.19. The highest BCUT2D eigenvalue weighted by Gasteiger charge is 2.37. The Hall–Kier alpha value is -2.34. The van der Waals surface area contributed by atoms with E-state index in [1.807, 2.05) is 29.2 Å². The van der Waals surface area contributed by atoms with Crippen molar-refractivity contribution in [3.8, 4) is 5.75 Å². The van der Waals surface area contributed by atoms with Crippen LogP contribution in [0.1, 0.15) is 41.8 Å². The van der Waals surface area contributed by atoms with Crippen molar-refractivity contribution in [2.24, 2.45) is 0 Å². The SMILES string of the molecule is COc1ccc([C@H]2c3ccsc3CCN2C(=O)CN(C(C)=O)C2CC2)cc1. The molecule has 0 N–H and O–H groups in total. The van der Waals surface area contributed by atoms with E-state index in [1.54, 1.807) is 30.3 Å². The third-order valence-electron chi connectivity index (χ3n) is 5.42. The van der Waals surface area contributed by atoms with Gasteiger partial charge in [-0.05, 0) is 54.0 Å². The first-order valence-corrected chi connectivity index (χ1v) is 10.2. The molecule has 0 saturated heterocycles. The third-order valence-corrected chi connectivity index (χ3v) is 6.41. The summed E-state index contributed by atoms with van der Waals surface area (Å²) in [5.74, 6) is 0.810. The highest BCUT2D eigenvalue weighted by atomic mass is 32.1. The molecule has 2 aliphatic rings. The molecule has 2 aromatic rings. The maximum atomic E-state index is 13.2. The van der Waals surface area contributed by atoms with Crippen LogP contribution in [0.3, 0.4) is 0 Å². The van der Waals surface area contributed by atoms with E-state index in [-0.39, 0.29) is 30.4 Å². The zero-order valence-electron chi connectivity index (χ0n) is 15.7. The Bertz CT molecular complexity index is 841. The maximum absolute atomic E-state index is 13.2. The second kappa shape index (κ2) is 7.35. The van der Waals surface area contributed by atoms with E-state index in [2.05, 4.69) is 11.4 Å². The van der Waals surface area contributed by atoms with Crippen LogP contribution in [0.4, 0.5) is 0 Å². The van der Waals surface area contributed by atoms with Gasteiger partial charge in [0, 0.05) is 24.4 Å². The number of hydrogen-bond acceptors (Lipinski definition) is 4. The first kappa shape index (κ1) is 18.0. The average Bonchev–Trinajstić information content (AvgIpc) is 3.40. The Labute approximate surface area is 163 Å². The highest BCUT2D eigenvalue weighted by molar-refractivity contribution is 7.10. The van der Waals surface area contributed by atoms with Crippen LogP contribution in [0.5, 0.6) is 5.75 Å². The molecule has 2 amide bonds. The quantitative estimate of drug-likeness (QED) is 0.795. The number of carbonyl (C=O) groups is 2. The minimum atomic E-state index is -0.105. The van der Waals surface area contributed by atoms with Crippen LogP contribution < -0.4 is 4.74 Å². The van der Waals surface area contributed by atoms with Gasteiger partial charge in [-0.1, -0.05) is 12.1 Å². The standard InChI is InChI=1S/C21H24N2O3S/c1-14(24)23(16-5-6-16)13-20(25)22-11-9-19-18(10-12-27-19)21(22)15-3-7-17(26-2)8-4-15/h3-4,7-8,10,12,16,21H,5-6,9,11,13H2,1-2H3/t21-/m0/s1. The molecule has 5 nitrogen and oxygen atoms in total. The number of fused-ring (bicyclic) bond motifs is 1. The van der Waals surface area contributed by atoms with Crippen molar-refractivity contribution in [2.75, 3.05) is 20.2 Å². The summed E-state index contributed by atoms with van der Waals surface area (Å²) < 4.78 is 5.27. The van der Waals surface area contributed by atoms with Crippen molar-refractivity contribution in [1.82, 2.24) is 9.80 Å². The summed E-state index contributed by atoms with van der Waals surface area (Å²) in [5.41, 5.74) is 2.27. The van der Waals surface area contributed by atoms with E-state index < -0.39 is 0 Å².